The lowest BCUT2D eigenvalue weighted by Gasteiger charge is -2.17. The third kappa shape index (κ3) is 4.31. The average Bonchev–Trinajstić information content (AvgIpc) is 2.40. The van der Waals surface area contributed by atoms with Crippen LogP contribution >= 0.6 is 0 Å². The van der Waals surface area contributed by atoms with Crippen LogP contribution in [0.15, 0.2) is 18.2 Å². The summed E-state index contributed by atoms with van der Waals surface area (Å²) in [5.41, 5.74) is -0.319. The van der Waals surface area contributed by atoms with Gasteiger partial charge in [0, 0.05) is 20.0 Å². The van der Waals surface area contributed by atoms with Gasteiger partial charge in [-0.15, -0.1) is 0 Å². The largest absolute Gasteiger partial charge is 0.469 e. The molecule has 0 aliphatic rings. The zero-order valence-corrected chi connectivity index (χ0v) is 10.8. The van der Waals surface area contributed by atoms with E-state index < -0.39 is 17.5 Å². The summed E-state index contributed by atoms with van der Waals surface area (Å²) in [6.45, 7) is 0.254. The van der Waals surface area contributed by atoms with E-state index in [0.717, 1.165) is 18.2 Å². The van der Waals surface area contributed by atoms with Gasteiger partial charge in [0.25, 0.3) is 5.91 Å². The smallest absolute Gasteiger partial charge is 0.305 e. The maximum atomic E-state index is 13.4. The van der Waals surface area contributed by atoms with Crippen LogP contribution in [0.1, 0.15) is 23.2 Å². The van der Waals surface area contributed by atoms with Crippen molar-refractivity contribution < 1.29 is 23.1 Å². The summed E-state index contributed by atoms with van der Waals surface area (Å²) in [5, 5.41) is 0. The van der Waals surface area contributed by atoms with Crippen molar-refractivity contribution in [3.63, 3.8) is 0 Å². The number of carbonyl (C=O) groups excluding carboxylic acids is 2. The second kappa shape index (κ2) is 6.82. The minimum Gasteiger partial charge on any atom is -0.469 e. The monoisotopic (exact) mass is 271 g/mol. The fourth-order valence-electron chi connectivity index (χ4n) is 1.53. The minimum absolute atomic E-state index is 0.166. The summed E-state index contributed by atoms with van der Waals surface area (Å²) < 4.78 is 30.8. The number of rotatable bonds is 5. The molecule has 0 aliphatic heterocycles. The van der Waals surface area contributed by atoms with Crippen molar-refractivity contribution in [3.8, 4) is 0 Å². The Kier molecular flexibility index (Phi) is 5.41. The van der Waals surface area contributed by atoms with Crippen molar-refractivity contribution in [2.24, 2.45) is 0 Å². The topological polar surface area (TPSA) is 46.6 Å². The molecule has 1 aromatic carbocycles. The fourth-order valence-corrected chi connectivity index (χ4v) is 1.53. The standard InChI is InChI=1S/C13H15F2NO3/c1-16(7-3-4-12(17)19-2)13(18)10-8-9(14)5-6-11(10)15/h5-6,8H,3-4,7H2,1-2H3. The summed E-state index contributed by atoms with van der Waals surface area (Å²) >= 11 is 0. The first-order chi connectivity index (χ1) is 8.95. The molecule has 1 aromatic rings. The highest BCUT2D eigenvalue weighted by Crippen LogP contribution is 2.12. The predicted molar refractivity (Wildman–Crippen MR) is 64.6 cm³/mol. The second-order valence-electron chi connectivity index (χ2n) is 4.03. The van der Waals surface area contributed by atoms with Crippen LogP contribution in [0.4, 0.5) is 8.78 Å². The molecule has 0 fully saturated rings. The van der Waals surface area contributed by atoms with E-state index in [4.69, 9.17) is 0 Å². The quantitative estimate of drug-likeness (QED) is 0.769. The van der Waals surface area contributed by atoms with Crippen molar-refractivity contribution in [2.45, 2.75) is 12.8 Å². The number of benzene rings is 1. The number of hydrogen-bond acceptors (Lipinski definition) is 3. The zero-order valence-electron chi connectivity index (χ0n) is 10.8. The molecule has 0 N–H and O–H groups in total. The van der Waals surface area contributed by atoms with Crippen LogP contribution in [0.25, 0.3) is 0 Å². The number of nitrogens with zero attached hydrogens (tertiary/aromatic N) is 1. The van der Waals surface area contributed by atoms with E-state index in [0.29, 0.717) is 6.42 Å². The van der Waals surface area contributed by atoms with Gasteiger partial charge in [0.2, 0.25) is 0 Å². The third-order valence-corrected chi connectivity index (χ3v) is 2.61. The van der Waals surface area contributed by atoms with Crippen LogP contribution in [0.3, 0.4) is 0 Å². The van der Waals surface area contributed by atoms with E-state index in [1.807, 2.05) is 0 Å². The Morgan fingerprint density at radius 3 is 2.63 bits per heavy atom. The number of carbonyl (C=O) groups is 2. The summed E-state index contributed by atoms with van der Waals surface area (Å²) in [4.78, 5) is 24.0. The molecule has 6 heteroatoms. The van der Waals surface area contributed by atoms with Crippen LogP contribution in [0.2, 0.25) is 0 Å². The summed E-state index contributed by atoms with van der Waals surface area (Å²) in [6.07, 6.45) is 0.561. The summed E-state index contributed by atoms with van der Waals surface area (Å²) in [5.74, 6) is -2.45. The molecule has 0 aromatic heterocycles. The lowest BCUT2D eigenvalue weighted by molar-refractivity contribution is -0.140. The van der Waals surface area contributed by atoms with Gasteiger partial charge < -0.3 is 9.64 Å². The van der Waals surface area contributed by atoms with Crippen molar-refractivity contribution >= 4 is 11.9 Å². The van der Waals surface area contributed by atoms with Crippen molar-refractivity contribution in [1.29, 1.82) is 0 Å². The predicted octanol–water partition coefficient (Wildman–Crippen LogP) is 1.99. The van der Waals surface area contributed by atoms with E-state index in [2.05, 4.69) is 4.74 Å². The van der Waals surface area contributed by atoms with E-state index >= 15 is 0 Å². The Morgan fingerprint density at radius 1 is 1.32 bits per heavy atom. The molecule has 19 heavy (non-hydrogen) atoms. The molecule has 0 spiro atoms. The van der Waals surface area contributed by atoms with Gasteiger partial charge in [0.15, 0.2) is 0 Å². The molecule has 0 aliphatic carbocycles. The van der Waals surface area contributed by atoms with Crippen molar-refractivity contribution in [2.75, 3.05) is 20.7 Å². The van der Waals surface area contributed by atoms with Gasteiger partial charge in [0.1, 0.15) is 11.6 Å². The maximum Gasteiger partial charge on any atom is 0.305 e. The molecule has 0 saturated heterocycles. The van der Waals surface area contributed by atoms with Crippen LogP contribution < -0.4 is 0 Å². The number of hydrogen-bond donors (Lipinski definition) is 0. The minimum atomic E-state index is -0.772. The molecule has 0 saturated carbocycles. The summed E-state index contributed by atoms with van der Waals surface area (Å²) in [6, 6.07) is 2.71. The number of amides is 1. The van der Waals surface area contributed by atoms with Gasteiger partial charge in [-0.05, 0) is 24.6 Å². The maximum absolute atomic E-state index is 13.4. The molecule has 0 unspecified atom stereocenters. The Hall–Kier alpha value is -1.98. The molecule has 1 amide bonds. The number of halogens is 2. The van der Waals surface area contributed by atoms with Crippen LogP contribution in [0.5, 0.6) is 0 Å². The number of methoxy groups -OCH3 is 1. The van der Waals surface area contributed by atoms with Gasteiger partial charge in [-0.1, -0.05) is 0 Å². The normalized spacial score (nSPS) is 10.1. The van der Waals surface area contributed by atoms with E-state index in [1.54, 1.807) is 0 Å². The highest BCUT2D eigenvalue weighted by atomic mass is 19.1. The van der Waals surface area contributed by atoms with E-state index in [1.165, 1.54) is 19.1 Å². The highest BCUT2D eigenvalue weighted by molar-refractivity contribution is 5.94. The average molecular weight is 271 g/mol. The van der Waals surface area contributed by atoms with Crippen LogP contribution in [-0.4, -0.2) is 37.5 Å². The Balaban J connectivity index is 2.61. The van der Waals surface area contributed by atoms with E-state index in [9.17, 15) is 18.4 Å². The molecule has 0 atom stereocenters. The number of esters is 1. The molecule has 0 heterocycles. The SMILES string of the molecule is COC(=O)CCCN(C)C(=O)c1cc(F)ccc1F. The molecule has 0 bridgehead atoms. The molecular formula is C13H15F2NO3. The highest BCUT2D eigenvalue weighted by Gasteiger charge is 2.17. The Labute approximate surface area is 110 Å². The van der Waals surface area contributed by atoms with E-state index in [-0.39, 0.29) is 24.5 Å². The first-order valence-electron chi connectivity index (χ1n) is 5.73. The molecular weight excluding hydrogens is 256 g/mol. The van der Waals surface area contributed by atoms with Gasteiger partial charge in [0.05, 0.1) is 12.7 Å². The third-order valence-electron chi connectivity index (χ3n) is 2.61. The fraction of sp³-hybridized carbons (Fsp3) is 0.385. The lowest BCUT2D eigenvalue weighted by Crippen LogP contribution is -2.29. The Bertz CT molecular complexity index is 477. The van der Waals surface area contributed by atoms with Crippen LogP contribution in [0, 0.1) is 11.6 Å². The molecule has 4 nitrogen and oxygen atoms in total. The zero-order chi connectivity index (χ0) is 14.4. The summed E-state index contributed by atoms with van der Waals surface area (Å²) in [7, 11) is 2.74. The van der Waals surface area contributed by atoms with Gasteiger partial charge in [-0.2, -0.15) is 0 Å². The Morgan fingerprint density at radius 2 is 2.00 bits per heavy atom. The number of ether oxygens (including phenoxy) is 1. The molecule has 104 valence electrons. The van der Waals surface area contributed by atoms with Gasteiger partial charge in [-0.25, -0.2) is 8.78 Å². The second-order valence-corrected chi connectivity index (χ2v) is 4.03. The van der Waals surface area contributed by atoms with Crippen molar-refractivity contribution in [3.05, 3.63) is 35.4 Å². The molecule has 0 radical (unpaired) electrons. The van der Waals surface area contributed by atoms with Crippen LogP contribution in [-0.2, 0) is 9.53 Å². The van der Waals surface area contributed by atoms with Gasteiger partial charge >= 0.3 is 5.97 Å². The van der Waals surface area contributed by atoms with Crippen molar-refractivity contribution in [1.82, 2.24) is 4.90 Å². The van der Waals surface area contributed by atoms with Gasteiger partial charge in [-0.3, -0.25) is 9.59 Å². The first-order valence-corrected chi connectivity index (χ1v) is 5.73. The first kappa shape index (κ1) is 15.1. The molecule has 1 rings (SSSR count). The lowest BCUT2D eigenvalue weighted by atomic mass is 10.1.